The Balaban J connectivity index is 1.92. The van der Waals surface area contributed by atoms with E-state index in [4.69, 9.17) is 0 Å². The van der Waals surface area contributed by atoms with Crippen molar-refractivity contribution >= 4 is 11.8 Å². The van der Waals surface area contributed by atoms with E-state index in [1.807, 2.05) is 0 Å². The molecule has 0 radical (unpaired) electrons. The zero-order chi connectivity index (χ0) is 12.4. The van der Waals surface area contributed by atoms with Crippen LogP contribution in [0, 0.1) is 0 Å². The van der Waals surface area contributed by atoms with Crippen LogP contribution >= 0.6 is 11.8 Å². The molecule has 2 aliphatic rings. The summed E-state index contributed by atoms with van der Waals surface area (Å²) < 4.78 is 0. The van der Waals surface area contributed by atoms with Gasteiger partial charge in [-0.3, -0.25) is 10.2 Å². The van der Waals surface area contributed by atoms with E-state index in [0.717, 1.165) is 25.1 Å². The Bertz CT molecular complexity index is 257. The highest BCUT2D eigenvalue weighted by molar-refractivity contribution is 8.00. The molecule has 0 saturated carbocycles. The van der Waals surface area contributed by atoms with Crippen molar-refractivity contribution in [3.63, 3.8) is 0 Å². The molecule has 5 nitrogen and oxygen atoms in total. The quantitative estimate of drug-likeness (QED) is 0.496. The van der Waals surface area contributed by atoms with Gasteiger partial charge in [-0.2, -0.15) is 0 Å². The molecule has 0 aromatic carbocycles. The number of aliphatic hydroxyl groups is 3. The molecule has 0 bridgehead atoms. The van der Waals surface area contributed by atoms with E-state index in [2.05, 4.69) is 17.1 Å². The van der Waals surface area contributed by atoms with Crippen LogP contribution < -0.4 is 5.32 Å². The third kappa shape index (κ3) is 2.77. The number of nitrogens with one attached hydrogen (secondary N) is 1. The third-order valence-electron chi connectivity index (χ3n) is 3.54. The number of fused-ring (bicyclic) bond motifs is 1. The summed E-state index contributed by atoms with van der Waals surface area (Å²) in [5.74, 6) is 0.800. The van der Waals surface area contributed by atoms with Crippen molar-refractivity contribution in [1.29, 1.82) is 0 Å². The first-order valence-electron chi connectivity index (χ1n) is 6.30. The predicted octanol–water partition coefficient (Wildman–Crippen LogP) is -0.827. The molecule has 0 aromatic heterocycles. The molecule has 5 atom stereocenters. The van der Waals surface area contributed by atoms with Gasteiger partial charge in [-0.25, -0.2) is 0 Å². The molecule has 2 saturated heterocycles. The summed E-state index contributed by atoms with van der Waals surface area (Å²) in [6.45, 7) is 3.53. The van der Waals surface area contributed by atoms with Gasteiger partial charge in [0.05, 0.1) is 12.2 Å². The molecule has 17 heavy (non-hydrogen) atoms. The molecule has 0 aromatic rings. The molecule has 0 aliphatic carbocycles. The van der Waals surface area contributed by atoms with Crippen LogP contribution in [0.5, 0.6) is 0 Å². The fourth-order valence-corrected chi connectivity index (χ4v) is 3.88. The second-order valence-corrected chi connectivity index (χ2v) is 5.92. The summed E-state index contributed by atoms with van der Waals surface area (Å²) in [4.78, 5) is 2.07. The first kappa shape index (κ1) is 13.6. The molecule has 100 valence electrons. The SMILES string of the molecule is CCCCNC1SC[C@@H]2[C@H](O)[C@H](O)[C@@H](O)CN12. The first-order valence-corrected chi connectivity index (χ1v) is 7.35. The van der Waals surface area contributed by atoms with Gasteiger partial charge in [0, 0.05) is 18.3 Å². The van der Waals surface area contributed by atoms with E-state index < -0.39 is 18.3 Å². The molecular formula is C11H22N2O3S. The second kappa shape index (κ2) is 5.86. The summed E-state index contributed by atoms with van der Waals surface area (Å²) >= 11 is 1.74. The van der Waals surface area contributed by atoms with Crippen LogP contribution in [0.25, 0.3) is 0 Å². The highest BCUT2D eigenvalue weighted by Crippen LogP contribution is 2.33. The normalized spacial score (nSPS) is 42.7. The maximum atomic E-state index is 9.91. The van der Waals surface area contributed by atoms with Gasteiger partial charge in [-0.1, -0.05) is 13.3 Å². The molecule has 1 unspecified atom stereocenters. The second-order valence-electron chi connectivity index (χ2n) is 4.81. The molecular weight excluding hydrogens is 240 g/mol. The summed E-state index contributed by atoms with van der Waals surface area (Å²) in [5, 5.41) is 32.7. The van der Waals surface area contributed by atoms with Crippen molar-refractivity contribution < 1.29 is 15.3 Å². The van der Waals surface area contributed by atoms with Crippen LogP contribution in [0.15, 0.2) is 0 Å². The van der Waals surface area contributed by atoms with Crippen LogP contribution in [0.3, 0.4) is 0 Å². The number of rotatable bonds is 4. The van der Waals surface area contributed by atoms with Gasteiger partial charge in [-0.05, 0) is 13.0 Å². The molecule has 2 rings (SSSR count). The lowest BCUT2D eigenvalue weighted by molar-refractivity contribution is -0.132. The average Bonchev–Trinajstić information content (AvgIpc) is 2.70. The number of hydrogen-bond donors (Lipinski definition) is 4. The fraction of sp³-hybridized carbons (Fsp3) is 1.00. The van der Waals surface area contributed by atoms with Crippen molar-refractivity contribution in [2.24, 2.45) is 0 Å². The standard InChI is InChI=1S/C11H22N2O3S/c1-2-3-4-12-11-13-5-8(14)10(16)9(15)7(13)6-17-11/h7-12,14-16H,2-6H2,1H3/t7-,8+,9+,10-,11?/m1/s1. The van der Waals surface area contributed by atoms with Gasteiger partial charge in [-0.15, -0.1) is 11.8 Å². The van der Waals surface area contributed by atoms with E-state index in [1.54, 1.807) is 11.8 Å². The topological polar surface area (TPSA) is 76.0 Å². The number of piperidine rings is 1. The highest BCUT2D eigenvalue weighted by atomic mass is 32.2. The summed E-state index contributed by atoms with van der Waals surface area (Å²) in [6.07, 6.45) is -0.424. The van der Waals surface area contributed by atoms with Gasteiger partial charge in [0.1, 0.15) is 11.6 Å². The van der Waals surface area contributed by atoms with Gasteiger partial charge in [0.15, 0.2) is 0 Å². The Hall–Kier alpha value is 0.150. The van der Waals surface area contributed by atoms with E-state index in [9.17, 15) is 15.3 Å². The lowest BCUT2D eigenvalue weighted by Gasteiger charge is -2.41. The van der Waals surface area contributed by atoms with Crippen LogP contribution in [0.1, 0.15) is 19.8 Å². The predicted molar refractivity (Wildman–Crippen MR) is 67.7 cm³/mol. The molecule has 0 spiro atoms. The Morgan fingerprint density at radius 2 is 2.06 bits per heavy atom. The smallest absolute Gasteiger partial charge is 0.109 e. The first-order chi connectivity index (χ1) is 8.15. The fourth-order valence-electron chi connectivity index (χ4n) is 2.44. The van der Waals surface area contributed by atoms with Gasteiger partial charge < -0.3 is 15.3 Å². The van der Waals surface area contributed by atoms with Crippen molar-refractivity contribution in [1.82, 2.24) is 10.2 Å². The van der Waals surface area contributed by atoms with E-state index in [1.165, 1.54) is 0 Å². The Morgan fingerprint density at radius 3 is 2.76 bits per heavy atom. The zero-order valence-corrected chi connectivity index (χ0v) is 10.9. The number of nitrogens with zero attached hydrogens (tertiary/aromatic N) is 1. The largest absolute Gasteiger partial charge is 0.389 e. The van der Waals surface area contributed by atoms with Crippen molar-refractivity contribution in [3.05, 3.63) is 0 Å². The summed E-state index contributed by atoms with van der Waals surface area (Å²) in [6, 6.07) is -0.0440. The molecule has 6 heteroatoms. The van der Waals surface area contributed by atoms with Gasteiger partial charge >= 0.3 is 0 Å². The van der Waals surface area contributed by atoms with Crippen LogP contribution in [0.2, 0.25) is 0 Å². The average molecular weight is 262 g/mol. The Labute approximate surface area is 106 Å². The lowest BCUT2D eigenvalue weighted by Crippen LogP contribution is -2.62. The molecule has 2 aliphatic heterocycles. The molecule has 0 amide bonds. The zero-order valence-electron chi connectivity index (χ0n) is 10.1. The summed E-state index contributed by atoms with van der Waals surface area (Å²) in [7, 11) is 0. The Kier molecular flexibility index (Phi) is 4.68. The van der Waals surface area contributed by atoms with Crippen molar-refractivity contribution in [3.8, 4) is 0 Å². The van der Waals surface area contributed by atoms with Crippen molar-refractivity contribution in [2.75, 3.05) is 18.8 Å². The maximum absolute atomic E-state index is 9.91. The van der Waals surface area contributed by atoms with Crippen LogP contribution in [-0.4, -0.2) is 68.9 Å². The van der Waals surface area contributed by atoms with E-state index in [-0.39, 0.29) is 11.5 Å². The monoisotopic (exact) mass is 262 g/mol. The van der Waals surface area contributed by atoms with E-state index in [0.29, 0.717) is 6.54 Å². The van der Waals surface area contributed by atoms with Crippen LogP contribution in [-0.2, 0) is 0 Å². The lowest BCUT2D eigenvalue weighted by atomic mass is 9.95. The van der Waals surface area contributed by atoms with Crippen LogP contribution in [0.4, 0.5) is 0 Å². The number of thioether (sulfide) groups is 1. The van der Waals surface area contributed by atoms with Gasteiger partial charge in [0.2, 0.25) is 0 Å². The minimum atomic E-state index is -1.01. The van der Waals surface area contributed by atoms with Crippen molar-refractivity contribution in [2.45, 2.75) is 49.6 Å². The minimum Gasteiger partial charge on any atom is -0.389 e. The summed E-state index contributed by atoms with van der Waals surface area (Å²) in [5.41, 5.74) is 0.156. The molecule has 2 heterocycles. The number of hydrogen-bond acceptors (Lipinski definition) is 6. The van der Waals surface area contributed by atoms with E-state index >= 15 is 0 Å². The molecule has 2 fully saturated rings. The Morgan fingerprint density at radius 1 is 1.29 bits per heavy atom. The van der Waals surface area contributed by atoms with Gasteiger partial charge in [0.25, 0.3) is 0 Å². The maximum Gasteiger partial charge on any atom is 0.109 e. The molecule has 4 N–H and O–H groups in total. The number of unbranched alkanes of at least 4 members (excludes halogenated alkanes) is 1. The third-order valence-corrected chi connectivity index (χ3v) is 4.82. The highest BCUT2D eigenvalue weighted by Gasteiger charge is 2.47. The number of aliphatic hydroxyl groups excluding tert-OH is 3. The minimum absolute atomic E-state index is 0.0440.